The van der Waals surface area contributed by atoms with Crippen LogP contribution in [0.4, 0.5) is 0 Å². The average Bonchev–Trinajstić information content (AvgIpc) is 0.782. The standard InChI is InChI=1S/C54H78O3.C35H62O3.CH4/c1-31-37(22-34-25-40(49(4,5)6)46(55)41(26-34)50(7,8)9)32(2)39(24-36-29-44(53(16,17)18)48(57)45(30-36)54(19,20)21)33(3)38(31)23-35-27-42(51(10,11)12)47(56)43(28-35)52(13,14)15;1-8-9-10-11-12-13-14-15-16-17-18-19-20-21-22-23-26-38-32(36)25-24-29-27-30(34(2,3)4)33(37)31(28-29)35(5,6)7;/h25-30,55-57H,22-24H2,1-21H3;27-28,37H,8-26H2,1-7H3;1H4. The molecule has 96 heavy (non-hydrogen) atoms. The maximum Gasteiger partial charge on any atom is 0.306 e. The van der Waals surface area contributed by atoms with E-state index >= 15 is 0 Å². The van der Waals surface area contributed by atoms with Crippen molar-refractivity contribution in [1.82, 2.24) is 0 Å². The molecule has 0 aliphatic heterocycles. The van der Waals surface area contributed by atoms with Crippen molar-refractivity contribution in [2.45, 2.75) is 379 Å². The molecule has 6 nitrogen and oxygen atoms in total. The summed E-state index contributed by atoms with van der Waals surface area (Å²) < 4.78 is 5.51. The molecule has 0 atom stereocenters. The number of esters is 1. The third kappa shape index (κ3) is 24.6. The minimum Gasteiger partial charge on any atom is -0.507 e. The quantitative estimate of drug-likeness (QED) is 0.0325. The van der Waals surface area contributed by atoms with E-state index < -0.39 is 0 Å². The summed E-state index contributed by atoms with van der Waals surface area (Å²) in [6.07, 6.45) is 24.8. The average molecular weight is 1320 g/mol. The zero-order chi connectivity index (χ0) is 72.2. The van der Waals surface area contributed by atoms with Gasteiger partial charge < -0.3 is 25.2 Å². The van der Waals surface area contributed by atoms with E-state index in [1.165, 1.54) is 140 Å². The summed E-state index contributed by atoms with van der Waals surface area (Å²) in [5, 5.41) is 45.8. The highest BCUT2D eigenvalue weighted by Gasteiger charge is 2.32. The molecule has 0 saturated carbocycles. The Morgan fingerprint density at radius 1 is 0.312 bits per heavy atom. The number of ether oxygens (including phenoxy) is 1. The second-order valence-electron chi connectivity index (χ2n) is 37.0. The van der Waals surface area contributed by atoms with Crippen molar-refractivity contribution in [3.63, 3.8) is 0 Å². The van der Waals surface area contributed by atoms with Crippen LogP contribution in [-0.4, -0.2) is 33.0 Å². The summed E-state index contributed by atoms with van der Waals surface area (Å²) >= 11 is 0. The SMILES string of the molecule is C.CCCCCCCCCCCCCCCCCCOC(=O)CCc1cc(C(C)(C)C)c(O)c(C(C)(C)C)c1.Cc1c(Cc2cc(C(C)(C)C)c(O)c(C(C)(C)C)c2)c(C)c(Cc2cc(C(C)(C)C)c(O)c(C(C)(C)C)c2)c(C)c1Cc1cc(C(C)(C)C)c(O)c(C(C)(C)C)c1. The molecule has 540 valence electrons. The van der Waals surface area contributed by atoms with E-state index in [1.54, 1.807) is 0 Å². The molecule has 5 aromatic rings. The van der Waals surface area contributed by atoms with Crippen molar-refractivity contribution in [2.24, 2.45) is 0 Å². The molecule has 5 rings (SSSR count). The topological polar surface area (TPSA) is 107 Å². The molecule has 0 aliphatic rings. The normalized spacial score (nSPS) is 12.8. The van der Waals surface area contributed by atoms with Crippen molar-refractivity contribution in [1.29, 1.82) is 0 Å². The Bertz CT molecular complexity index is 2900. The summed E-state index contributed by atoms with van der Waals surface area (Å²) in [5.41, 5.74) is 18.7. The zero-order valence-electron chi connectivity index (χ0n) is 66.3. The van der Waals surface area contributed by atoms with Crippen LogP contribution < -0.4 is 0 Å². The first-order chi connectivity index (χ1) is 43.5. The zero-order valence-corrected chi connectivity index (χ0v) is 66.3. The number of carbonyl (C=O) groups is 1. The van der Waals surface area contributed by atoms with Gasteiger partial charge in [0.2, 0.25) is 0 Å². The molecule has 0 fully saturated rings. The predicted molar refractivity (Wildman–Crippen MR) is 417 cm³/mol. The van der Waals surface area contributed by atoms with Crippen LogP contribution in [0.2, 0.25) is 0 Å². The number of rotatable bonds is 26. The smallest absolute Gasteiger partial charge is 0.306 e. The highest BCUT2D eigenvalue weighted by Crippen LogP contribution is 2.46. The van der Waals surface area contributed by atoms with E-state index in [-0.39, 0.29) is 56.7 Å². The van der Waals surface area contributed by atoms with Gasteiger partial charge in [0.25, 0.3) is 0 Å². The molecule has 0 bridgehead atoms. The van der Waals surface area contributed by atoms with Gasteiger partial charge in [0, 0.05) is 6.42 Å². The van der Waals surface area contributed by atoms with Crippen molar-refractivity contribution >= 4 is 5.97 Å². The highest BCUT2D eigenvalue weighted by atomic mass is 16.5. The van der Waals surface area contributed by atoms with Gasteiger partial charge in [0.15, 0.2) is 0 Å². The van der Waals surface area contributed by atoms with Gasteiger partial charge in [-0.1, -0.05) is 325 Å². The Kier molecular flexibility index (Phi) is 30.7. The molecule has 0 unspecified atom stereocenters. The van der Waals surface area contributed by atoms with Gasteiger partial charge in [0.1, 0.15) is 23.0 Å². The monoisotopic (exact) mass is 1320 g/mol. The van der Waals surface area contributed by atoms with Gasteiger partial charge in [-0.25, -0.2) is 0 Å². The fourth-order valence-electron chi connectivity index (χ4n) is 13.8. The van der Waals surface area contributed by atoms with Gasteiger partial charge in [-0.05, 0) is 196 Å². The number of benzene rings is 5. The second-order valence-corrected chi connectivity index (χ2v) is 37.0. The second kappa shape index (κ2) is 34.7. The molecule has 6 heteroatoms. The maximum absolute atomic E-state index is 12.3. The molecule has 0 aliphatic carbocycles. The predicted octanol–water partition coefficient (Wildman–Crippen LogP) is 25.6. The summed E-state index contributed by atoms with van der Waals surface area (Å²) in [7, 11) is 0. The van der Waals surface area contributed by atoms with Gasteiger partial charge in [-0.15, -0.1) is 0 Å². The molecular formula is C90H144O6. The van der Waals surface area contributed by atoms with Crippen molar-refractivity contribution in [3.8, 4) is 23.0 Å². The Hall–Kier alpha value is -5.23. The van der Waals surface area contributed by atoms with Crippen molar-refractivity contribution < 1.29 is 30.0 Å². The third-order valence-corrected chi connectivity index (χ3v) is 19.9. The molecule has 4 N–H and O–H groups in total. The van der Waals surface area contributed by atoms with E-state index in [0.717, 1.165) is 82.2 Å². The van der Waals surface area contributed by atoms with Crippen LogP contribution >= 0.6 is 0 Å². The minimum absolute atomic E-state index is 0. The summed E-state index contributed by atoms with van der Waals surface area (Å²) in [6, 6.07) is 17.5. The fraction of sp³-hybridized carbons (Fsp3) is 0.656. The van der Waals surface area contributed by atoms with E-state index in [2.05, 4.69) is 242 Å². The summed E-state index contributed by atoms with van der Waals surface area (Å²) in [4.78, 5) is 12.3. The Balaban J connectivity index is 0.000000537. The number of unbranched alkanes of at least 4 members (excludes halogenated alkanes) is 15. The van der Waals surface area contributed by atoms with Crippen LogP contribution in [0, 0.1) is 20.8 Å². The van der Waals surface area contributed by atoms with Crippen LogP contribution in [0.3, 0.4) is 0 Å². The van der Waals surface area contributed by atoms with Crippen LogP contribution in [0.1, 0.15) is 390 Å². The van der Waals surface area contributed by atoms with Gasteiger partial charge in [-0.3, -0.25) is 4.79 Å². The maximum atomic E-state index is 12.3. The lowest BCUT2D eigenvalue weighted by Crippen LogP contribution is -2.19. The number of hydrogen-bond donors (Lipinski definition) is 4. The van der Waals surface area contributed by atoms with Crippen molar-refractivity contribution in [3.05, 3.63) is 149 Å². The van der Waals surface area contributed by atoms with Crippen molar-refractivity contribution in [2.75, 3.05) is 6.61 Å². The number of phenols is 4. The summed E-state index contributed by atoms with van der Waals surface area (Å²) in [5.74, 6) is 1.50. The minimum atomic E-state index is -0.226. The lowest BCUT2D eigenvalue weighted by molar-refractivity contribution is -0.143. The van der Waals surface area contributed by atoms with Gasteiger partial charge in [-0.2, -0.15) is 0 Å². The van der Waals surface area contributed by atoms with E-state index in [4.69, 9.17) is 4.74 Å². The highest BCUT2D eigenvalue weighted by molar-refractivity contribution is 5.70. The first-order valence-corrected chi connectivity index (χ1v) is 37.2. The number of carbonyl (C=O) groups excluding carboxylic acids is 1. The molecule has 5 aromatic carbocycles. The lowest BCUT2D eigenvalue weighted by Gasteiger charge is -2.30. The first kappa shape index (κ1) is 85.0. The Labute approximate surface area is 590 Å². The van der Waals surface area contributed by atoms with Crippen LogP contribution in [-0.2, 0) is 78.5 Å². The van der Waals surface area contributed by atoms with Crippen LogP contribution in [0.5, 0.6) is 23.0 Å². The Morgan fingerprint density at radius 2 is 0.500 bits per heavy atom. The third-order valence-electron chi connectivity index (χ3n) is 19.9. The van der Waals surface area contributed by atoms with E-state index in [0.29, 0.717) is 42.4 Å². The van der Waals surface area contributed by atoms with E-state index in [1.807, 2.05) is 0 Å². The molecule has 0 amide bonds. The summed E-state index contributed by atoms with van der Waals surface area (Å²) in [6.45, 7) is 61.7. The number of phenolic OH excluding ortho intramolecular Hbond substituents is 4. The fourth-order valence-corrected chi connectivity index (χ4v) is 13.8. The van der Waals surface area contributed by atoms with Crippen LogP contribution in [0.25, 0.3) is 0 Å². The van der Waals surface area contributed by atoms with Crippen LogP contribution in [0.15, 0.2) is 48.5 Å². The lowest BCUT2D eigenvalue weighted by atomic mass is 9.75. The molecule has 0 radical (unpaired) electrons. The van der Waals surface area contributed by atoms with E-state index in [9.17, 15) is 25.2 Å². The first-order valence-electron chi connectivity index (χ1n) is 37.2. The molecule has 0 heterocycles. The van der Waals surface area contributed by atoms with Gasteiger partial charge >= 0.3 is 5.97 Å². The molecule has 0 aromatic heterocycles. The number of aryl methyl sites for hydroxylation is 1. The Morgan fingerprint density at radius 3 is 0.698 bits per heavy atom. The molecule has 0 saturated heterocycles. The molecule has 0 spiro atoms. The number of hydrogen-bond acceptors (Lipinski definition) is 6. The molecular weight excluding hydrogens is 1180 g/mol. The number of aromatic hydroxyl groups is 4. The largest absolute Gasteiger partial charge is 0.507 e. The van der Waals surface area contributed by atoms with Gasteiger partial charge in [0.05, 0.1) is 6.61 Å².